The van der Waals surface area contributed by atoms with Gasteiger partial charge in [-0.2, -0.15) is 0 Å². The topological polar surface area (TPSA) is 66.8 Å². The van der Waals surface area contributed by atoms with Crippen molar-refractivity contribution in [2.75, 3.05) is 13.7 Å². The highest BCUT2D eigenvalue weighted by Gasteiger charge is 2.19. The van der Waals surface area contributed by atoms with Crippen LogP contribution in [0.15, 0.2) is 17.6 Å². The van der Waals surface area contributed by atoms with Crippen molar-refractivity contribution in [1.29, 1.82) is 0 Å². The molecular formula is C5H9O4P. The van der Waals surface area contributed by atoms with E-state index in [0.29, 0.717) is 0 Å². The fourth-order valence-corrected chi connectivity index (χ4v) is 0.878. The van der Waals surface area contributed by atoms with Crippen LogP contribution < -0.4 is 0 Å². The van der Waals surface area contributed by atoms with Crippen LogP contribution in [0.4, 0.5) is 0 Å². The molecule has 0 aliphatic heterocycles. The van der Waals surface area contributed by atoms with Crippen molar-refractivity contribution in [1.82, 2.24) is 0 Å². The summed E-state index contributed by atoms with van der Waals surface area (Å²) in [6.45, 7) is 2.98. The summed E-state index contributed by atoms with van der Waals surface area (Å²) in [5.41, 5.74) is 2.12. The van der Waals surface area contributed by atoms with Gasteiger partial charge in [0.05, 0.1) is 6.61 Å². The van der Waals surface area contributed by atoms with Crippen LogP contribution in [0, 0.1) is 0 Å². The van der Waals surface area contributed by atoms with Gasteiger partial charge < -0.3 is 14.5 Å². The lowest BCUT2D eigenvalue weighted by Gasteiger charge is -2.03. The highest BCUT2D eigenvalue weighted by Crippen LogP contribution is 2.43. The zero-order valence-electron chi connectivity index (χ0n) is 5.57. The molecule has 0 spiro atoms. The van der Waals surface area contributed by atoms with E-state index in [9.17, 15) is 4.57 Å². The molecule has 0 fully saturated rings. The van der Waals surface area contributed by atoms with Crippen LogP contribution in [-0.2, 0) is 9.30 Å². The van der Waals surface area contributed by atoms with Crippen LogP contribution in [0.3, 0.4) is 0 Å². The summed E-state index contributed by atoms with van der Waals surface area (Å²) in [6, 6.07) is 0. The lowest BCUT2D eigenvalue weighted by molar-refractivity contribution is 0.226. The molecular weight excluding hydrogens is 155 g/mol. The fourth-order valence-electron chi connectivity index (χ4n) is 0.375. The summed E-state index contributed by atoms with van der Waals surface area (Å²) in [7, 11) is -2.83. The van der Waals surface area contributed by atoms with Crippen LogP contribution in [-0.4, -0.2) is 23.5 Å². The molecule has 2 N–H and O–H groups in total. The van der Waals surface area contributed by atoms with Crippen LogP contribution in [0.25, 0.3) is 0 Å². The average molecular weight is 164 g/mol. The van der Waals surface area contributed by atoms with E-state index in [0.717, 1.165) is 0 Å². The minimum absolute atomic E-state index is 0.131. The predicted molar refractivity (Wildman–Crippen MR) is 36.6 cm³/mol. The van der Waals surface area contributed by atoms with Crippen LogP contribution >= 0.6 is 7.60 Å². The van der Waals surface area contributed by atoms with Gasteiger partial charge in [-0.15, -0.1) is 5.73 Å². The molecule has 58 valence electrons. The number of rotatable bonds is 3. The van der Waals surface area contributed by atoms with Gasteiger partial charge in [0.15, 0.2) is 0 Å². The van der Waals surface area contributed by atoms with Crippen molar-refractivity contribution < 1.29 is 19.1 Å². The Hall–Kier alpha value is -0.370. The van der Waals surface area contributed by atoms with Gasteiger partial charge in [0, 0.05) is 7.11 Å². The van der Waals surface area contributed by atoms with Gasteiger partial charge in [-0.25, -0.2) is 0 Å². The molecule has 0 aromatic heterocycles. The molecule has 0 radical (unpaired) electrons. The third-order valence-corrected chi connectivity index (χ3v) is 1.83. The summed E-state index contributed by atoms with van der Waals surface area (Å²) in [5.74, 6) is 0. The molecule has 0 unspecified atom stereocenters. The van der Waals surface area contributed by atoms with Gasteiger partial charge in [-0.3, -0.25) is 4.57 Å². The Morgan fingerprint density at radius 3 is 2.40 bits per heavy atom. The fraction of sp³-hybridized carbons (Fsp3) is 0.400. The first-order valence-electron chi connectivity index (χ1n) is 2.46. The van der Waals surface area contributed by atoms with Crippen molar-refractivity contribution in [3.8, 4) is 0 Å². The van der Waals surface area contributed by atoms with Gasteiger partial charge in [-0.1, -0.05) is 6.58 Å². The molecule has 0 amide bonds. The monoisotopic (exact) mass is 164 g/mol. The lowest BCUT2D eigenvalue weighted by Crippen LogP contribution is -1.93. The van der Waals surface area contributed by atoms with Crippen molar-refractivity contribution >= 4 is 7.60 Å². The molecule has 0 heterocycles. The van der Waals surface area contributed by atoms with Crippen LogP contribution in [0.5, 0.6) is 0 Å². The third-order valence-electron chi connectivity index (χ3n) is 0.837. The van der Waals surface area contributed by atoms with Gasteiger partial charge >= 0.3 is 7.60 Å². The van der Waals surface area contributed by atoms with Crippen molar-refractivity contribution in [2.45, 2.75) is 0 Å². The number of ether oxygens (including phenoxy) is 1. The number of hydrogen-bond acceptors (Lipinski definition) is 2. The first kappa shape index (κ1) is 9.63. The van der Waals surface area contributed by atoms with E-state index in [-0.39, 0.29) is 11.9 Å². The maximum absolute atomic E-state index is 10.4. The predicted octanol–water partition coefficient (Wildman–Crippen LogP) is 0.479. The number of hydrogen-bond donors (Lipinski definition) is 2. The summed E-state index contributed by atoms with van der Waals surface area (Å²) < 4.78 is 14.9. The molecule has 0 aliphatic carbocycles. The normalized spacial score (nSPS) is 10.7. The Balaban J connectivity index is 4.41. The molecule has 0 aromatic rings. The standard InChI is InChI=1S/C5H9O4P/c1-3-5(4-9-2)10(6,7)8/h1,4H2,2H3,(H2,6,7,8). The zero-order valence-corrected chi connectivity index (χ0v) is 6.47. The average Bonchev–Trinajstić information content (AvgIpc) is 1.80. The highest BCUT2D eigenvalue weighted by atomic mass is 31.2. The van der Waals surface area contributed by atoms with Gasteiger partial charge in [0.2, 0.25) is 0 Å². The van der Waals surface area contributed by atoms with Crippen molar-refractivity contribution in [3.05, 3.63) is 17.6 Å². The molecule has 0 saturated heterocycles. The minimum atomic E-state index is -4.17. The maximum Gasteiger partial charge on any atom is 0.362 e. The van der Waals surface area contributed by atoms with Crippen molar-refractivity contribution in [3.63, 3.8) is 0 Å². The second kappa shape index (κ2) is 3.71. The SMILES string of the molecule is C=C=C(COC)P(=O)(O)O. The molecule has 5 heteroatoms. The summed E-state index contributed by atoms with van der Waals surface area (Å²) >= 11 is 0. The molecule has 0 atom stereocenters. The molecule has 10 heavy (non-hydrogen) atoms. The molecule has 0 saturated carbocycles. The van der Waals surface area contributed by atoms with E-state index in [1.165, 1.54) is 7.11 Å². The van der Waals surface area contributed by atoms with Crippen LogP contribution in [0.1, 0.15) is 0 Å². The second-order valence-corrected chi connectivity index (χ2v) is 3.23. The highest BCUT2D eigenvalue weighted by molar-refractivity contribution is 7.56. The Morgan fingerprint density at radius 1 is 1.80 bits per heavy atom. The second-order valence-electron chi connectivity index (χ2n) is 1.60. The molecule has 4 nitrogen and oxygen atoms in total. The van der Waals surface area contributed by atoms with Gasteiger partial charge in [0.1, 0.15) is 5.31 Å². The van der Waals surface area contributed by atoms with E-state index >= 15 is 0 Å². The summed E-state index contributed by atoms with van der Waals surface area (Å²) in [4.78, 5) is 17.0. The smallest absolute Gasteiger partial charge is 0.362 e. The Bertz CT molecular complexity index is 198. The van der Waals surface area contributed by atoms with Gasteiger partial charge in [0.25, 0.3) is 0 Å². The largest absolute Gasteiger partial charge is 0.379 e. The van der Waals surface area contributed by atoms with Crippen LogP contribution in [0.2, 0.25) is 0 Å². The molecule has 0 aromatic carbocycles. The minimum Gasteiger partial charge on any atom is -0.379 e. The van der Waals surface area contributed by atoms with E-state index in [4.69, 9.17) is 9.79 Å². The summed E-state index contributed by atoms with van der Waals surface area (Å²) in [6.07, 6.45) is 0. The summed E-state index contributed by atoms with van der Waals surface area (Å²) in [5, 5.41) is -0.213. The van der Waals surface area contributed by atoms with Gasteiger partial charge in [-0.05, 0) is 0 Å². The van der Waals surface area contributed by atoms with E-state index in [2.05, 4.69) is 17.0 Å². The van der Waals surface area contributed by atoms with Crippen molar-refractivity contribution in [2.24, 2.45) is 0 Å². The first-order valence-corrected chi connectivity index (χ1v) is 4.07. The number of methoxy groups -OCH3 is 1. The Labute approximate surface area is 59.0 Å². The quantitative estimate of drug-likeness (QED) is 0.470. The molecule has 0 bridgehead atoms. The Kier molecular flexibility index (Phi) is 3.58. The van der Waals surface area contributed by atoms with E-state index in [1.807, 2.05) is 0 Å². The van der Waals surface area contributed by atoms with E-state index in [1.54, 1.807) is 0 Å². The zero-order chi connectivity index (χ0) is 8.20. The Morgan fingerprint density at radius 2 is 2.30 bits per heavy atom. The lowest BCUT2D eigenvalue weighted by atomic mass is 10.6. The third kappa shape index (κ3) is 2.97. The maximum atomic E-state index is 10.4. The molecule has 0 rings (SSSR count). The first-order chi connectivity index (χ1) is 4.52. The molecule has 0 aliphatic rings. The van der Waals surface area contributed by atoms with E-state index < -0.39 is 7.60 Å².